The molecule has 2 unspecified atom stereocenters. The summed E-state index contributed by atoms with van der Waals surface area (Å²) in [5.74, 6) is -0.166. The van der Waals surface area contributed by atoms with Gasteiger partial charge in [0.1, 0.15) is 18.4 Å². The zero-order chi connectivity index (χ0) is 28.7. The molecule has 0 heterocycles. The first-order valence-electron chi connectivity index (χ1n) is 13.7. The van der Waals surface area contributed by atoms with Gasteiger partial charge in [-0.1, -0.05) is 86.6 Å². The molecule has 2 atom stereocenters. The van der Waals surface area contributed by atoms with Crippen molar-refractivity contribution in [3.05, 3.63) is 102 Å². The number of nitrogens with two attached hydrogens (primary N) is 1. The van der Waals surface area contributed by atoms with Crippen molar-refractivity contribution < 1.29 is 19.1 Å². The van der Waals surface area contributed by atoms with Gasteiger partial charge in [0.05, 0.1) is 12.6 Å². The summed E-state index contributed by atoms with van der Waals surface area (Å²) in [6.45, 7) is 4.69. The van der Waals surface area contributed by atoms with Crippen molar-refractivity contribution in [2.24, 2.45) is 11.7 Å². The maximum atomic E-state index is 12.8. The second kappa shape index (κ2) is 16.1. The van der Waals surface area contributed by atoms with Crippen molar-refractivity contribution in [2.45, 2.75) is 51.8 Å². The summed E-state index contributed by atoms with van der Waals surface area (Å²) < 4.78 is 5.81. The fourth-order valence-corrected chi connectivity index (χ4v) is 4.13. The first-order valence-corrected chi connectivity index (χ1v) is 13.7. The van der Waals surface area contributed by atoms with Gasteiger partial charge in [0.2, 0.25) is 17.7 Å². The van der Waals surface area contributed by atoms with E-state index in [0.29, 0.717) is 32.4 Å². The SMILES string of the molecule is CC(C)CC(NC(=O)C(N)Cc1ccccc1)C(=O)NCC(=O)NCCc1ccc(OCc2ccccc2)cc1. The van der Waals surface area contributed by atoms with E-state index in [9.17, 15) is 14.4 Å². The monoisotopic (exact) mass is 544 g/mol. The van der Waals surface area contributed by atoms with Crippen LogP contribution in [0.25, 0.3) is 0 Å². The summed E-state index contributed by atoms with van der Waals surface area (Å²) in [5.41, 5.74) is 9.19. The lowest BCUT2D eigenvalue weighted by Gasteiger charge is -2.22. The Labute approximate surface area is 236 Å². The molecule has 0 fully saturated rings. The summed E-state index contributed by atoms with van der Waals surface area (Å²) in [6, 6.07) is 25.7. The summed E-state index contributed by atoms with van der Waals surface area (Å²) in [5, 5.41) is 8.23. The second-order valence-electron chi connectivity index (χ2n) is 10.2. The van der Waals surface area contributed by atoms with Gasteiger partial charge in [-0.05, 0) is 54.0 Å². The molecule has 0 bridgehead atoms. The van der Waals surface area contributed by atoms with E-state index >= 15 is 0 Å². The standard InChI is InChI=1S/C32H40N4O4/c1-23(2)19-29(36-31(38)28(33)20-25-9-5-3-6-10-25)32(39)35-21-30(37)34-18-17-24-13-15-27(16-14-24)40-22-26-11-7-4-8-12-26/h3-16,23,28-29H,17-22,33H2,1-2H3,(H,34,37)(H,35,39)(H,36,38). The van der Waals surface area contributed by atoms with Gasteiger partial charge in [0.25, 0.3) is 0 Å². The molecule has 3 aromatic carbocycles. The highest BCUT2D eigenvalue weighted by Crippen LogP contribution is 2.14. The van der Waals surface area contributed by atoms with Crippen LogP contribution in [0, 0.1) is 5.92 Å². The summed E-state index contributed by atoms with van der Waals surface area (Å²) >= 11 is 0. The van der Waals surface area contributed by atoms with E-state index in [2.05, 4.69) is 16.0 Å². The van der Waals surface area contributed by atoms with Gasteiger partial charge in [0.15, 0.2) is 0 Å². The van der Waals surface area contributed by atoms with Gasteiger partial charge in [-0.3, -0.25) is 14.4 Å². The minimum atomic E-state index is -0.780. The third-order valence-electron chi connectivity index (χ3n) is 6.31. The second-order valence-corrected chi connectivity index (χ2v) is 10.2. The van der Waals surface area contributed by atoms with Gasteiger partial charge in [-0.15, -0.1) is 0 Å². The van der Waals surface area contributed by atoms with E-state index in [1.807, 2.05) is 98.8 Å². The zero-order valence-corrected chi connectivity index (χ0v) is 23.3. The van der Waals surface area contributed by atoms with Gasteiger partial charge < -0.3 is 26.4 Å². The van der Waals surface area contributed by atoms with E-state index in [1.54, 1.807) is 0 Å². The molecule has 0 radical (unpaired) electrons. The van der Waals surface area contributed by atoms with Crippen LogP contribution >= 0.6 is 0 Å². The van der Waals surface area contributed by atoms with Gasteiger partial charge >= 0.3 is 0 Å². The van der Waals surface area contributed by atoms with Crippen molar-refractivity contribution in [2.75, 3.05) is 13.1 Å². The van der Waals surface area contributed by atoms with E-state index in [-0.39, 0.29) is 18.4 Å². The van der Waals surface area contributed by atoms with Crippen LogP contribution in [0.4, 0.5) is 0 Å². The number of carbonyl (C=O) groups is 3. The Hall–Kier alpha value is -4.17. The van der Waals surface area contributed by atoms with Crippen LogP contribution in [0.5, 0.6) is 5.75 Å². The average molecular weight is 545 g/mol. The van der Waals surface area contributed by atoms with Crippen LogP contribution in [0.1, 0.15) is 37.0 Å². The average Bonchev–Trinajstić information content (AvgIpc) is 2.96. The molecule has 0 saturated heterocycles. The fourth-order valence-electron chi connectivity index (χ4n) is 4.13. The lowest BCUT2D eigenvalue weighted by atomic mass is 10.0. The molecule has 8 heteroatoms. The van der Waals surface area contributed by atoms with Gasteiger partial charge in [0, 0.05) is 6.54 Å². The molecular weight excluding hydrogens is 504 g/mol. The third-order valence-corrected chi connectivity index (χ3v) is 6.31. The number of benzene rings is 3. The first-order chi connectivity index (χ1) is 19.3. The van der Waals surface area contributed by atoms with Crippen molar-refractivity contribution in [3.8, 4) is 5.75 Å². The van der Waals surface area contributed by atoms with E-state index < -0.39 is 23.9 Å². The molecule has 5 N–H and O–H groups in total. The number of hydrogen-bond donors (Lipinski definition) is 4. The Balaban J connectivity index is 1.38. The molecule has 0 aromatic heterocycles. The number of hydrogen-bond acceptors (Lipinski definition) is 5. The molecule has 40 heavy (non-hydrogen) atoms. The predicted molar refractivity (Wildman–Crippen MR) is 156 cm³/mol. The molecular formula is C32H40N4O4. The van der Waals surface area contributed by atoms with Crippen LogP contribution in [-0.4, -0.2) is 42.9 Å². The van der Waals surface area contributed by atoms with Crippen molar-refractivity contribution in [1.82, 2.24) is 16.0 Å². The quantitative estimate of drug-likeness (QED) is 0.234. The largest absolute Gasteiger partial charge is 0.489 e. The Bertz CT molecular complexity index is 1200. The number of amides is 3. The van der Waals surface area contributed by atoms with E-state index in [0.717, 1.165) is 22.4 Å². The summed E-state index contributed by atoms with van der Waals surface area (Å²) in [4.78, 5) is 37.8. The molecule has 3 aromatic rings. The van der Waals surface area contributed by atoms with E-state index in [4.69, 9.17) is 10.5 Å². The number of rotatable bonds is 15. The van der Waals surface area contributed by atoms with Gasteiger partial charge in [-0.2, -0.15) is 0 Å². The number of carbonyl (C=O) groups excluding carboxylic acids is 3. The fraction of sp³-hybridized carbons (Fsp3) is 0.344. The minimum Gasteiger partial charge on any atom is -0.489 e. The maximum Gasteiger partial charge on any atom is 0.243 e. The van der Waals surface area contributed by atoms with Gasteiger partial charge in [-0.25, -0.2) is 0 Å². The Morgan fingerprint density at radius 3 is 2.02 bits per heavy atom. The smallest absolute Gasteiger partial charge is 0.243 e. The molecule has 3 rings (SSSR count). The Kier molecular flexibility index (Phi) is 12.2. The lowest BCUT2D eigenvalue weighted by molar-refractivity contribution is -0.131. The topological polar surface area (TPSA) is 123 Å². The van der Waals surface area contributed by atoms with Crippen LogP contribution < -0.4 is 26.4 Å². The number of nitrogens with one attached hydrogen (secondary N) is 3. The molecule has 0 spiro atoms. The minimum absolute atomic E-state index is 0.158. The molecule has 0 saturated carbocycles. The molecule has 0 aliphatic heterocycles. The predicted octanol–water partition coefficient (Wildman–Crippen LogP) is 3.14. The molecule has 8 nitrogen and oxygen atoms in total. The van der Waals surface area contributed by atoms with Crippen molar-refractivity contribution >= 4 is 17.7 Å². The van der Waals surface area contributed by atoms with E-state index in [1.165, 1.54) is 0 Å². The molecule has 3 amide bonds. The van der Waals surface area contributed by atoms with Crippen molar-refractivity contribution in [1.29, 1.82) is 0 Å². The normalized spacial score (nSPS) is 12.3. The summed E-state index contributed by atoms with van der Waals surface area (Å²) in [7, 11) is 0. The highest BCUT2D eigenvalue weighted by molar-refractivity contribution is 5.91. The molecule has 212 valence electrons. The maximum absolute atomic E-state index is 12.8. The lowest BCUT2D eigenvalue weighted by Crippen LogP contribution is -2.53. The first kappa shape index (κ1) is 30.4. The summed E-state index contributed by atoms with van der Waals surface area (Å²) in [6.07, 6.45) is 1.45. The van der Waals surface area contributed by atoms with Crippen LogP contribution in [0.15, 0.2) is 84.9 Å². The Morgan fingerprint density at radius 2 is 1.40 bits per heavy atom. The zero-order valence-electron chi connectivity index (χ0n) is 23.3. The highest BCUT2D eigenvalue weighted by atomic mass is 16.5. The van der Waals surface area contributed by atoms with Crippen LogP contribution in [-0.2, 0) is 33.8 Å². The Morgan fingerprint density at radius 1 is 0.775 bits per heavy atom. The molecule has 0 aliphatic carbocycles. The molecule has 0 aliphatic rings. The van der Waals surface area contributed by atoms with Crippen LogP contribution in [0.2, 0.25) is 0 Å². The van der Waals surface area contributed by atoms with Crippen molar-refractivity contribution in [3.63, 3.8) is 0 Å². The number of ether oxygens (including phenoxy) is 1. The highest BCUT2D eigenvalue weighted by Gasteiger charge is 2.25. The third kappa shape index (κ3) is 10.9. The van der Waals surface area contributed by atoms with Crippen LogP contribution in [0.3, 0.4) is 0 Å².